The van der Waals surface area contributed by atoms with E-state index in [1.54, 1.807) is 53.4 Å². The fraction of sp³-hybridized carbons (Fsp3) is 0.464. The topological polar surface area (TPSA) is 180 Å². The van der Waals surface area contributed by atoms with E-state index in [-0.39, 0.29) is 44.1 Å². The van der Waals surface area contributed by atoms with Gasteiger partial charge in [-0.15, -0.1) is 0 Å². The molecule has 4 rings (SSSR count). The molecule has 2 aliphatic rings. The van der Waals surface area contributed by atoms with Crippen LogP contribution in [-0.4, -0.2) is 86.8 Å². The molecule has 0 bridgehead atoms. The molecular formula is C28H38ClN7O5S. The summed E-state index contributed by atoms with van der Waals surface area (Å²) in [5, 5.41) is 6.49. The average molecular weight is 620 g/mol. The van der Waals surface area contributed by atoms with Crippen molar-refractivity contribution >= 4 is 39.3 Å². The Morgan fingerprint density at radius 2 is 1.79 bits per heavy atom. The van der Waals surface area contributed by atoms with Crippen LogP contribution >= 0.6 is 11.6 Å². The van der Waals surface area contributed by atoms with Gasteiger partial charge < -0.3 is 31.9 Å². The maximum atomic E-state index is 13.9. The van der Waals surface area contributed by atoms with Crippen molar-refractivity contribution < 1.29 is 22.8 Å². The molecule has 2 aromatic rings. The Bertz CT molecular complexity index is 1370. The van der Waals surface area contributed by atoms with Crippen molar-refractivity contribution in [1.82, 2.24) is 25.2 Å². The average Bonchev–Trinajstić information content (AvgIpc) is 3.37. The maximum Gasteiger partial charge on any atom is 0.243 e. The summed E-state index contributed by atoms with van der Waals surface area (Å²) in [5.74, 6) is -1.84. The van der Waals surface area contributed by atoms with Crippen molar-refractivity contribution in [2.45, 2.75) is 49.8 Å². The number of nitrogens with two attached hydrogens (primary N) is 2. The van der Waals surface area contributed by atoms with E-state index in [2.05, 4.69) is 15.4 Å². The molecule has 0 aromatic heterocycles. The Labute approximate surface area is 251 Å². The zero-order chi connectivity index (χ0) is 30.3. The lowest BCUT2D eigenvalue weighted by molar-refractivity contribution is -0.142. The van der Waals surface area contributed by atoms with Crippen molar-refractivity contribution in [2.75, 3.05) is 32.7 Å². The van der Waals surface area contributed by atoms with Crippen LogP contribution < -0.4 is 26.8 Å². The number of piperazine rings is 1. The summed E-state index contributed by atoms with van der Waals surface area (Å²) in [4.78, 5) is 43.3. The molecule has 0 spiro atoms. The zero-order valence-electron chi connectivity index (χ0n) is 23.3. The molecule has 14 heteroatoms. The number of nitrogens with one attached hydrogen (secondary N) is 3. The molecule has 12 nitrogen and oxygen atoms in total. The number of benzene rings is 2. The van der Waals surface area contributed by atoms with Gasteiger partial charge in [-0.25, -0.2) is 13.1 Å². The second kappa shape index (κ2) is 14.4. The smallest absolute Gasteiger partial charge is 0.243 e. The highest BCUT2D eigenvalue weighted by Gasteiger charge is 2.42. The number of sulfonamides is 1. The molecule has 2 heterocycles. The van der Waals surface area contributed by atoms with Gasteiger partial charge >= 0.3 is 0 Å². The lowest BCUT2D eigenvalue weighted by Gasteiger charge is -2.31. The van der Waals surface area contributed by atoms with E-state index >= 15 is 0 Å². The quantitative estimate of drug-likeness (QED) is 0.226. The summed E-state index contributed by atoms with van der Waals surface area (Å²) >= 11 is 6.12. The predicted octanol–water partition coefficient (Wildman–Crippen LogP) is -0.347. The van der Waals surface area contributed by atoms with Gasteiger partial charge in [0, 0.05) is 56.9 Å². The number of carbonyl (C=O) groups is 3. The first kappa shape index (κ1) is 31.9. The lowest BCUT2D eigenvalue weighted by Crippen LogP contribution is -2.55. The minimum atomic E-state index is -4.03. The third-order valence-corrected chi connectivity index (χ3v) is 9.02. The van der Waals surface area contributed by atoms with Crippen molar-refractivity contribution in [3.63, 3.8) is 0 Å². The monoisotopic (exact) mass is 619 g/mol. The van der Waals surface area contributed by atoms with E-state index in [4.69, 9.17) is 23.1 Å². The number of rotatable bonds is 11. The van der Waals surface area contributed by atoms with Gasteiger partial charge in [0.1, 0.15) is 12.1 Å². The van der Waals surface area contributed by atoms with Crippen LogP contribution in [-0.2, 0) is 43.2 Å². The van der Waals surface area contributed by atoms with Gasteiger partial charge in [-0.05, 0) is 35.2 Å². The first-order valence-corrected chi connectivity index (χ1v) is 15.9. The molecule has 2 aromatic carbocycles. The standard InChI is InChI=1S/C28H38ClN7O5S/c29-22-7-6-20(15-30)21(12-22)16-33-27(38)25-13-23(31)17-36(25)28(39)24(14-26(37)35-10-8-32-9-11-35)34-42(40,41)18-19-4-2-1-3-5-19/h1-7,12,23-25,32,34H,8-11,13-18,30-31H2,(H,33,38)/t23-,24+,25-/m0/s1. The first-order valence-electron chi connectivity index (χ1n) is 13.9. The van der Waals surface area contributed by atoms with Crippen LogP contribution in [0.2, 0.25) is 5.02 Å². The van der Waals surface area contributed by atoms with Crippen LogP contribution in [0.25, 0.3) is 0 Å². The number of likely N-dealkylation sites (tertiary alicyclic amines) is 1. The summed E-state index contributed by atoms with van der Waals surface area (Å²) in [7, 11) is -4.03. The summed E-state index contributed by atoms with van der Waals surface area (Å²) < 4.78 is 28.8. The minimum Gasteiger partial charge on any atom is -0.350 e. The third-order valence-electron chi connectivity index (χ3n) is 7.43. The Morgan fingerprint density at radius 3 is 2.48 bits per heavy atom. The summed E-state index contributed by atoms with van der Waals surface area (Å²) in [6, 6.07) is 10.9. The van der Waals surface area contributed by atoms with Crippen molar-refractivity contribution in [3.8, 4) is 0 Å². The van der Waals surface area contributed by atoms with Crippen molar-refractivity contribution in [1.29, 1.82) is 0 Å². The number of nitrogens with zero attached hydrogens (tertiary/aromatic N) is 2. The molecule has 0 saturated carbocycles. The first-order chi connectivity index (χ1) is 20.1. The van der Waals surface area contributed by atoms with E-state index in [0.29, 0.717) is 36.8 Å². The summed E-state index contributed by atoms with van der Waals surface area (Å²) in [5.41, 5.74) is 14.1. The van der Waals surface area contributed by atoms with E-state index in [9.17, 15) is 22.8 Å². The molecule has 2 aliphatic heterocycles. The molecule has 0 aliphatic carbocycles. The molecule has 0 unspecified atom stereocenters. The Balaban J connectivity index is 1.52. The molecule has 3 amide bonds. The van der Waals surface area contributed by atoms with Gasteiger partial charge in [-0.1, -0.05) is 48.0 Å². The van der Waals surface area contributed by atoms with Gasteiger partial charge in [0.15, 0.2) is 0 Å². The Hall–Kier alpha value is -3.07. The highest BCUT2D eigenvalue weighted by molar-refractivity contribution is 7.88. The number of amides is 3. The lowest BCUT2D eigenvalue weighted by atomic mass is 10.1. The van der Waals surface area contributed by atoms with E-state index in [0.717, 1.165) is 11.1 Å². The van der Waals surface area contributed by atoms with Crippen LogP contribution in [0, 0.1) is 0 Å². The van der Waals surface area contributed by atoms with Crippen LogP contribution in [0.4, 0.5) is 0 Å². The Morgan fingerprint density at radius 1 is 1.07 bits per heavy atom. The second-order valence-electron chi connectivity index (χ2n) is 10.6. The molecule has 2 saturated heterocycles. The van der Waals surface area contributed by atoms with E-state index < -0.39 is 40.0 Å². The SMILES string of the molecule is NCc1ccc(Cl)cc1CNC(=O)[C@@H]1C[C@H](N)CN1C(=O)[C@@H](CC(=O)N1CCNCC1)NS(=O)(=O)Cc1ccccc1. The maximum absolute atomic E-state index is 13.9. The van der Waals surface area contributed by atoms with Gasteiger partial charge in [0.2, 0.25) is 27.7 Å². The van der Waals surface area contributed by atoms with Gasteiger partial charge in [0.25, 0.3) is 0 Å². The van der Waals surface area contributed by atoms with E-state index in [1.165, 1.54) is 4.90 Å². The van der Waals surface area contributed by atoms with Crippen LogP contribution in [0.1, 0.15) is 29.5 Å². The van der Waals surface area contributed by atoms with Crippen molar-refractivity contribution in [2.24, 2.45) is 11.5 Å². The highest BCUT2D eigenvalue weighted by atomic mass is 35.5. The number of hydrogen-bond acceptors (Lipinski definition) is 8. The molecule has 228 valence electrons. The highest BCUT2D eigenvalue weighted by Crippen LogP contribution is 2.21. The minimum absolute atomic E-state index is 0.0425. The molecule has 42 heavy (non-hydrogen) atoms. The number of hydrogen-bond donors (Lipinski definition) is 5. The van der Waals surface area contributed by atoms with Crippen molar-refractivity contribution in [3.05, 3.63) is 70.2 Å². The second-order valence-corrected chi connectivity index (χ2v) is 12.8. The predicted molar refractivity (Wildman–Crippen MR) is 159 cm³/mol. The summed E-state index contributed by atoms with van der Waals surface area (Å²) in [6.45, 7) is 2.54. The molecule has 0 radical (unpaired) electrons. The van der Waals surface area contributed by atoms with Crippen LogP contribution in [0.15, 0.2) is 48.5 Å². The number of halogens is 1. The van der Waals surface area contributed by atoms with Crippen LogP contribution in [0.5, 0.6) is 0 Å². The third kappa shape index (κ3) is 8.49. The fourth-order valence-corrected chi connectivity index (χ4v) is 6.80. The largest absolute Gasteiger partial charge is 0.350 e. The molecule has 3 atom stereocenters. The molecule has 2 fully saturated rings. The van der Waals surface area contributed by atoms with Gasteiger partial charge in [0.05, 0.1) is 12.2 Å². The summed E-state index contributed by atoms with van der Waals surface area (Å²) in [6.07, 6.45) is -0.193. The number of carbonyl (C=O) groups excluding carboxylic acids is 3. The van der Waals surface area contributed by atoms with Gasteiger partial charge in [-0.3, -0.25) is 14.4 Å². The van der Waals surface area contributed by atoms with Crippen LogP contribution in [0.3, 0.4) is 0 Å². The molecule has 7 N–H and O–H groups in total. The van der Waals surface area contributed by atoms with Gasteiger partial charge in [-0.2, -0.15) is 0 Å². The zero-order valence-corrected chi connectivity index (χ0v) is 24.9. The van der Waals surface area contributed by atoms with E-state index in [1.807, 2.05) is 0 Å². The molecular weight excluding hydrogens is 582 g/mol. The normalized spacial score (nSPS) is 19.9. The fourth-order valence-electron chi connectivity index (χ4n) is 5.27. The Kier molecular flexibility index (Phi) is 10.9.